The molecule has 0 aliphatic heterocycles. The third-order valence-corrected chi connectivity index (χ3v) is 9.90. The summed E-state index contributed by atoms with van der Waals surface area (Å²) in [5.41, 5.74) is 1.35. The Morgan fingerprint density at radius 2 is 1.80 bits per heavy atom. The van der Waals surface area contributed by atoms with Gasteiger partial charge in [-0.15, -0.1) is 0 Å². The van der Waals surface area contributed by atoms with Crippen LogP contribution in [0.25, 0.3) is 0 Å². The summed E-state index contributed by atoms with van der Waals surface area (Å²) in [6.45, 7) is 17.5. The summed E-state index contributed by atoms with van der Waals surface area (Å²) in [7, 11) is -1.85. The van der Waals surface area contributed by atoms with Gasteiger partial charge in [-0.05, 0) is 41.5 Å². The monoisotopic (exact) mass is 410 g/mol. The van der Waals surface area contributed by atoms with Crippen LogP contribution in [0.15, 0.2) is 9.66 Å². The highest BCUT2D eigenvalue weighted by Gasteiger charge is 2.41. The maximum Gasteiger partial charge on any atom is 0.192 e. The highest BCUT2D eigenvalue weighted by Crippen LogP contribution is 2.39. The van der Waals surface area contributed by atoms with Crippen molar-refractivity contribution in [3.8, 4) is 0 Å². The summed E-state index contributed by atoms with van der Waals surface area (Å²) in [6.07, 6.45) is 2.04. The Bertz CT molecular complexity index is 345. The lowest BCUT2D eigenvalue weighted by Crippen LogP contribution is -2.47. The summed E-state index contributed by atoms with van der Waals surface area (Å²) in [5, 5.41) is 0.168. The van der Waals surface area contributed by atoms with Gasteiger partial charge in [0, 0.05) is 5.92 Å². The molecule has 0 aromatic carbocycles. The van der Waals surface area contributed by atoms with Gasteiger partial charge in [0.1, 0.15) is 6.29 Å². The van der Waals surface area contributed by atoms with E-state index in [2.05, 4.69) is 74.4 Å². The zero-order chi connectivity index (χ0) is 16.1. The average Bonchev–Trinajstić information content (AvgIpc) is 2.33. The molecule has 0 aromatic rings. The van der Waals surface area contributed by atoms with E-state index in [0.29, 0.717) is 5.92 Å². The van der Waals surface area contributed by atoms with E-state index in [0.717, 1.165) is 12.7 Å². The lowest BCUT2D eigenvalue weighted by Gasteiger charge is -2.42. The molecule has 0 bridgehead atoms. The largest absolute Gasteiger partial charge is 0.413 e. The van der Waals surface area contributed by atoms with Crippen LogP contribution in [0.3, 0.4) is 0 Å². The third kappa shape index (κ3) is 5.98. The second-order valence-corrected chi connectivity index (χ2v) is 12.9. The molecular formula is C16H31IO2Si. The molecule has 0 heterocycles. The fourth-order valence-electron chi connectivity index (χ4n) is 2.00. The number of halogens is 1. The van der Waals surface area contributed by atoms with Crippen LogP contribution in [-0.2, 0) is 9.22 Å². The quantitative estimate of drug-likeness (QED) is 0.311. The van der Waals surface area contributed by atoms with Gasteiger partial charge in [-0.25, -0.2) is 0 Å². The second kappa shape index (κ2) is 8.08. The van der Waals surface area contributed by atoms with Crippen molar-refractivity contribution >= 4 is 37.2 Å². The molecule has 0 spiro atoms. The molecule has 0 saturated carbocycles. The molecule has 3 atom stereocenters. The van der Waals surface area contributed by atoms with Crippen LogP contribution in [0.4, 0.5) is 0 Å². The Kier molecular flexibility index (Phi) is 8.21. The number of allylic oxidation sites excluding steroid dienone is 1. The molecule has 0 aliphatic rings. The summed E-state index contributed by atoms with van der Waals surface area (Å²) in [5.74, 6) is 0.302. The predicted octanol–water partition coefficient (Wildman–Crippen LogP) is 5.58. The molecule has 0 saturated heterocycles. The zero-order valence-electron chi connectivity index (χ0n) is 14.3. The van der Waals surface area contributed by atoms with E-state index in [4.69, 9.17) is 4.43 Å². The summed E-state index contributed by atoms with van der Waals surface area (Å²) in [6, 6.07) is 0. The Balaban J connectivity index is 5.14. The minimum atomic E-state index is -1.85. The Hall–Kier alpha value is 0.317. The van der Waals surface area contributed by atoms with Crippen LogP contribution in [0.2, 0.25) is 18.1 Å². The molecule has 0 aliphatic carbocycles. The van der Waals surface area contributed by atoms with E-state index >= 15 is 0 Å². The van der Waals surface area contributed by atoms with E-state index in [1.807, 2.05) is 6.92 Å². The molecule has 0 fully saturated rings. The van der Waals surface area contributed by atoms with Crippen LogP contribution >= 0.6 is 22.6 Å². The zero-order valence-corrected chi connectivity index (χ0v) is 17.4. The SMILES string of the molecule is C/C(=C\I)C[C@H](C)[C@H](O[Si](C)(C)C(C)(C)C)[C@H](C)C=O. The molecule has 0 N–H and O–H groups in total. The molecule has 118 valence electrons. The van der Waals surface area contributed by atoms with Crippen molar-refractivity contribution < 1.29 is 9.22 Å². The molecular weight excluding hydrogens is 379 g/mol. The fraction of sp³-hybridized carbons (Fsp3) is 0.812. The first-order valence-corrected chi connectivity index (χ1v) is 11.5. The Labute approximate surface area is 140 Å². The summed E-state index contributed by atoms with van der Waals surface area (Å²) in [4.78, 5) is 11.3. The summed E-state index contributed by atoms with van der Waals surface area (Å²) >= 11 is 2.27. The van der Waals surface area contributed by atoms with Crippen molar-refractivity contribution in [2.75, 3.05) is 0 Å². The lowest BCUT2D eigenvalue weighted by atomic mass is 9.90. The fourth-order valence-corrected chi connectivity index (χ4v) is 3.74. The second-order valence-electron chi connectivity index (χ2n) is 7.47. The van der Waals surface area contributed by atoms with Gasteiger partial charge in [0.05, 0.1) is 6.10 Å². The van der Waals surface area contributed by atoms with Crippen LogP contribution in [0, 0.1) is 11.8 Å². The van der Waals surface area contributed by atoms with E-state index in [1.165, 1.54) is 5.57 Å². The first-order valence-electron chi connectivity index (χ1n) is 7.35. The van der Waals surface area contributed by atoms with E-state index in [9.17, 15) is 4.79 Å². The topological polar surface area (TPSA) is 26.3 Å². The molecule has 0 radical (unpaired) electrons. The Morgan fingerprint density at radius 1 is 1.30 bits per heavy atom. The van der Waals surface area contributed by atoms with Gasteiger partial charge >= 0.3 is 0 Å². The van der Waals surface area contributed by atoms with Gasteiger partial charge in [0.15, 0.2) is 8.32 Å². The van der Waals surface area contributed by atoms with Gasteiger partial charge in [0.25, 0.3) is 0 Å². The maximum absolute atomic E-state index is 11.3. The van der Waals surface area contributed by atoms with Crippen LogP contribution in [-0.4, -0.2) is 20.7 Å². The van der Waals surface area contributed by atoms with Crippen molar-refractivity contribution in [3.63, 3.8) is 0 Å². The molecule has 0 amide bonds. The number of hydrogen-bond donors (Lipinski definition) is 0. The predicted molar refractivity (Wildman–Crippen MR) is 98.9 cm³/mol. The van der Waals surface area contributed by atoms with Crippen molar-refractivity contribution in [3.05, 3.63) is 9.66 Å². The van der Waals surface area contributed by atoms with E-state index in [-0.39, 0.29) is 17.1 Å². The highest BCUT2D eigenvalue weighted by atomic mass is 127. The van der Waals surface area contributed by atoms with Gasteiger partial charge < -0.3 is 9.22 Å². The van der Waals surface area contributed by atoms with E-state index in [1.54, 1.807) is 0 Å². The van der Waals surface area contributed by atoms with Gasteiger partial charge in [-0.2, -0.15) is 0 Å². The van der Waals surface area contributed by atoms with Gasteiger partial charge in [0.2, 0.25) is 0 Å². The first kappa shape index (κ1) is 20.3. The van der Waals surface area contributed by atoms with Crippen molar-refractivity contribution in [2.45, 2.75) is 72.2 Å². The standard InChI is InChI=1S/C16H31IO2Si/c1-12(10-17)9-13(2)15(14(3)11-18)19-20(7,8)16(4,5)6/h10-11,13-15H,9H2,1-8H3/b12-10+/t13-,14+,15-/m0/s1. The average molecular weight is 410 g/mol. The number of carbonyl (C=O) groups excluding carboxylic acids is 1. The highest BCUT2D eigenvalue weighted by molar-refractivity contribution is 14.1. The molecule has 0 unspecified atom stereocenters. The minimum Gasteiger partial charge on any atom is -0.413 e. The van der Waals surface area contributed by atoms with Crippen molar-refractivity contribution in [1.29, 1.82) is 0 Å². The molecule has 0 aromatic heterocycles. The number of carbonyl (C=O) groups is 1. The number of rotatable bonds is 7. The summed E-state index contributed by atoms with van der Waals surface area (Å²) < 4.78 is 8.65. The van der Waals surface area contributed by atoms with Crippen molar-refractivity contribution in [2.24, 2.45) is 11.8 Å². The molecule has 2 nitrogen and oxygen atoms in total. The number of aldehydes is 1. The smallest absolute Gasteiger partial charge is 0.192 e. The molecule has 0 rings (SSSR count). The van der Waals surface area contributed by atoms with Crippen molar-refractivity contribution in [1.82, 2.24) is 0 Å². The lowest BCUT2D eigenvalue weighted by molar-refractivity contribution is -0.114. The third-order valence-electron chi connectivity index (χ3n) is 4.36. The number of hydrogen-bond acceptors (Lipinski definition) is 2. The normalized spacial score (nSPS) is 18.6. The maximum atomic E-state index is 11.3. The molecule has 4 heteroatoms. The van der Waals surface area contributed by atoms with Crippen LogP contribution in [0.1, 0.15) is 48.0 Å². The van der Waals surface area contributed by atoms with Gasteiger partial charge in [-0.3, -0.25) is 0 Å². The van der Waals surface area contributed by atoms with Gasteiger partial charge in [-0.1, -0.05) is 62.8 Å². The van der Waals surface area contributed by atoms with E-state index < -0.39 is 8.32 Å². The minimum absolute atomic E-state index is 0.0136. The van der Waals surface area contributed by atoms with Crippen LogP contribution < -0.4 is 0 Å². The van der Waals surface area contributed by atoms with Crippen LogP contribution in [0.5, 0.6) is 0 Å². The first-order chi connectivity index (χ1) is 8.96. The Morgan fingerprint density at radius 3 is 2.15 bits per heavy atom. The molecule has 20 heavy (non-hydrogen) atoms.